The highest BCUT2D eigenvalue weighted by atomic mass is 16.5. The molecule has 0 aliphatic carbocycles. The molecule has 0 atom stereocenters. The highest BCUT2D eigenvalue weighted by Crippen LogP contribution is 2.31. The molecule has 1 fully saturated rings. The maximum absolute atomic E-state index is 12.8. The molecule has 8 heteroatoms. The van der Waals surface area contributed by atoms with Crippen LogP contribution in [0, 0.1) is 0 Å². The van der Waals surface area contributed by atoms with Crippen molar-refractivity contribution >= 4 is 5.91 Å². The molecule has 2 aromatic heterocycles. The predicted octanol–water partition coefficient (Wildman–Crippen LogP) is 3.23. The normalized spacial score (nSPS) is 13.8. The van der Waals surface area contributed by atoms with Crippen LogP contribution in [0.2, 0.25) is 0 Å². The van der Waals surface area contributed by atoms with Crippen molar-refractivity contribution in [1.29, 1.82) is 0 Å². The van der Waals surface area contributed by atoms with E-state index in [-0.39, 0.29) is 11.8 Å². The first kappa shape index (κ1) is 19.0. The number of nitrogens with zero attached hydrogens (tertiary/aromatic N) is 5. The summed E-state index contributed by atoms with van der Waals surface area (Å²) in [5, 5.41) is 4.09. The molecule has 0 N–H and O–H groups in total. The number of methoxy groups -OCH3 is 1. The predicted molar refractivity (Wildman–Crippen MR) is 113 cm³/mol. The maximum Gasteiger partial charge on any atom is 0.253 e. The maximum atomic E-state index is 12.8. The first-order valence-corrected chi connectivity index (χ1v) is 10.0. The number of amides is 1. The zero-order valence-electron chi connectivity index (χ0n) is 17.0. The van der Waals surface area contributed by atoms with Gasteiger partial charge in [0, 0.05) is 37.6 Å². The fourth-order valence-corrected chi connectivity index (χ4v) is 3.67. The van der Waals surface area contributed by atoms with Crippen molar-refractivity contribution in [2.75, 3.05) is 20.2 Å². The summed E-state index contributed by atoms with van der Waals surface area (Å²) in [5.74, 6) is 1.78. The molecule has 1 amide bonds. The molecule has 0 saturated carbocycles. The standard InChI is InChI=1S/C23H21N5O3/c1-30-20-5-3-2-4-19(20)21-25-22(31-26-21)18-13-28(14-18)23(29)17-8-6-16(7-9-17)12-27-11-10-24-15-27/h2-11,15,18H,12-14H2,1H3. The minimum absolute atomic E-state index is 0.00917. The first-order valence-electron chi connectivity index (χ1n) is 10.0. The molecular weight excluding hydrogens is 394 g/mol. The average molecular weight is 415 g/mol. The number of imidazole rings is 1. The lowest BCUT2D eigenvalue weighted by atomic mass is 9.98. The van der Waals surface area contributed by atoms with E-state index < -0.39 is 0 Å². The zero-order chi connectivity index (χ0) is 21.2. The number of para-hydroxylation sites is 1. The van der Waals surface area contributed by atoms with E-state index >= 15 is 0 Å². The molecule has 3 heterocycles. The lowest BCUT2D eigenvalue weighted by molar-refractivity contribution is 0.0569. The Morgan fingerprint density at radius 2 is 1.97 bits per heavy atom. The summed E-state index contributed by atoms with van der Waals surface area (Å²) in [6.07, 6.45) is 5.44. The van der Waals surface area contributed by atoms with Gasteiger partial charge in [0.15, 0.2) is 0 Å². The van der Waals surface area contributed by atoms with Gasteiger partial charge in [0.05, 0.1) is 24.9 Å². The zero-order valence-corrected chi connectivity index (χ0v) is 17.0. The van der Waals surface area contributed by atoms with Crippen LogP contribution in [-0.4, -0.2) is 50.7 Å². The summed E-state index contributed by atoms with van der Waals surface area (Å²) >= 11 is 0. The summed E-state index contributed by atoms with van der Waals surface area (Å²) < 4.78 is 12.8. The van der Waals surface area contributed by atoms with Crippen LogP contribution in [0.1, 0.15) is 27.7 Å². The second-order valence-electron chi connectivity index (χ2n) is 7.50. The van der Waals surface area contributed by atoms with E-state index in [1.807, 2.05) is 59.3 Å². The van der Waals surface area contributed by atoms with Crippen LogP contribution in [0.5, 0.6) is 5.75 Å². The van der Waals surface area contributed by atoms with Gasteiger partial charge in [-0.1, -0.05) is 29.4 Å². The Morgan fingerprint density at radius 1 is 1.16 bits per heavy atom. The third-order valence-electron chi connectivity index (χ3n) is 5.43. The molecule has 1 saturated heterocycles. The molecule has 31 heavy (non-hydrogen) atoms. The number of hydrogen-bond acceptors (Lipinski definition) is 6. The van der Waals surface area contributed by atoms with Crippen LogP contribution >= 0.6 is 0 Å². The van der Waals surface area contributed by atoms with Crippen molar-refractivity contribution in [2.24, 2.45) is 0 Å². The number of aromatic nitrogens is 4. The molecule has 1 aliphatic rings. The van der Waals surface area contributed by atoms with Crippen LogP contribution in [0.25, 0.3) is 11.4 Å². The Bertz CT molecular complexity index is 1180. The SMILES string of the molecule is COc1ccccc1-c1noc(C2CN(C(=O)c3ccc(Cn4ccnc4)cc3)C2)n1. The van der Waals surface area contributed by atoms with Gasteiger partial charge in [-0.3, -0.25) is 4.79 Å². The summed E-state index contributed by atoms with van der Waals surface area (Å²) in [6, 6.07) is 15.2. The number of benzene rings is 2. The molecule has 2 aromatic carbocycles. The molecule has 8 nitrogen and oxygen atoms in total. The minimum atomic E-state index is 0.00917. The Morgan fingerprint density at radius 3 is 2.71 bits per heavy atom. The second-order valence-corrected chi connectivity index (χ2v) is 7.50. The van der Waals surface area contributed by atoms with E-state index in [9.17, 15) is 4.79 Å². The Labute approximate surface area is 179 Å². The van der Waals surface area contributed by atoms with E-state index in [1.165, 1.54) is 0 Å². The monoisotopic (exact) mass is 415 g/mol. The fraction of sp³-hybridized carbons (Fsp3) is 0.217. The number of ether oxygens (including phenoxy) is 1. The third kappa shape index (κ3) is 3.79. The largest absolute Gasteiger partial charge is 0.496 e. The van der Waals surface area contributed by atoms with Gasteiger partial charge in [-0.05, 0) is 29.8 Å². The topological polar surface area (TPSA) is 86.3 Å². The van der Waals surface area contributed by atoms with Crippen LogP contribution < -0.4 is 4.74 Å². The van der Waals surface area contributed by atoms with Crippen molar-refractivity contribution in [1.82, 2.24) is 24.6 Å². The lowest BCUT2D eigenvalue weighted by Gasteiger charge is -2.37. The van der Waals surface area contributed by atoms with Gasteiger partial charge in [0.2, 0.25) is 11.7 Å². The molecule has 0 radical (unpaired) electrons. The van der Waals surface area contributed by atoms with Crippen LogP contribution in [0.4, 0.5) is 0 Å². The van der Waals surface area contributed by atoms with Crippen molar-refractivity contribution in [2.45, 2.75) is 12.5 Å². The third-order valence-corrected chi connectivity index (χ3v) is 5.43. The quantitative estimate of drug-likeness (QED) is 0.481. The van der Waals surface area contributed by atoms with Crippen molar-refractivity contribution < 1.29 is 14.1 Å². The summed E-state index contributed by atoms with van der Waals surface area (Å²) in [5.41, 5.74) is 2.57. The molecule has 1 aliphatic heterocycles. The average Bonchev–Trinajstić information content (AvgIpc) is 3.45. The fourth-order valence-electron chi connectivity index (χ4n) is 3.67. The van der Waals surface area contributed by atoms with Gasteiger partial charge in [-0.25, -0.2) is 4.98 Å². The number of carbonyl (C=O) groups excluding carboxylic acids is 1. The molecule has 0 bridgehead atoms. The summed E-state index contributed by atoms with van der Waals surface area (Å²) in [4.78, 5) is 23.1. The van der Waals surface area contributed by atoms with Gasteiger partial charge >= 0.3 is 0 Å². The van der Waals surface area contributed by atoms with Gasteiger partial charge < -0.3 is 18.7 Å². The number of hydrogen-bond donors (Lipinski definition) is 0. The van der Waals surface area contributed by atoms with Crippen LogP contribution in [-0.2, 0) is 6.54 Å². The van der Waals surface area contributed by atoms with E-state index in [0.29, 0.717) is 36.1 Å². The molecule has 5 rings (SSSR count). The number of carbonyl (C=O) groups is 1. The van der Waals surface area contributed by atoms with E-state index in [0.717, 1.165) is 17.7 Å². The van der Waals surface area contributed by atoms with Crippen molar-refractivity contribution in [3.8, 4) is 17.1 Å². The first-order chi connectivity index (χ1) is 15.2. The highest BCUT2D eigenvalue weighted by Gasteiger charge is 2.36. The van der Waals surface area contributed by atoms with Gasteiger partial charge in [-0.2, -0.15) is 4.98 Å². The van der Waals surface area contributed by atoms with Gasteiger partial charge in [0.1, 0.15) is 5.75 Å². The Hall–Kier alpha value is -3.94. The van der Waals surface area contributed by atoms with Crippen molar-refractivity contribution in [3.05, 3.63) is 84.3 Å². The molecular formula is C23H21N5O3. The molecule has 0 unspecified atom stereocenters. The molecule has 0 spiro atoms. The highest BCUT2D eigenvalue weighted by molar-refractivity contribution is 5.94. The van der Waals surface area contributed by atoms with E-state index in [1.54, 1.807) is 24.5 Å². The minimum Gasteiger partial charge on any atom is -0.496 e. The number of rotatable bonds is 6. The van der Waals surface area contributed by atoms with Gasteiger partial charge in [-0.15, -0.1) is 0 Å². The van der Waals surface area contributed by atoms with E-state index in [2.05, 4.69) is 15.1 Å². The molecule has 4 aromatic rings. The van der Waals surface area contributed by atoms with Gasteiger partial charge in [0.25, 0.3) is 5.91 Å². The van der Waals surface area contributed by atoms with Crippen LogP contribution in [0.15, 0.2) is 71.8 Å². The van der Waals surface area contributed by atoms with Crippen LogP contribution in [0.3, 0.4) is 0 Å². The second kappa shape index (κ2) is 8.06. The number of likely N-dealkylation sites (tertiary alicyclic amines) is 1. The Kier molecular flexibility index (Phi) is 4.95. The van der Waals surface area contributed by atoms with E-state index in [4.69, 9.17) is 9.26 Å². The summed E-state index contributed by atoms with van der Waals surface area (Å²) in [7, 11) is 1.61. The lowest BCUT2D eigenvalue weighted by Crippen LogP contribution is -2.48. The smallest absolute Gasteiger partial charge is 0.253 e. The molecule has 156 valence electrons. The van der Waals surface area contributed by atoms with Crippen molar-refractivity contribution in [3.63, 3.8) is 0 Å². The summed E-state index contributed by atoms with van der Waals surface area (Å²) in [6.45, 7) is 1.85. The Balaban J connectivity index is 1.21.